The largest absolute Gasteiger partial charge is 0.493 e. The highest BCUT2D eigenvalue weighted by Gasteiger charge is 2.12. The number of hydrogen-bond acceptors (Lipinski definition) is 5. The number of hydrogen-bond donors (Lipinski definition) is 1. The lowest BCUT2D eigenvalue weighted by molar-refractivity contribution is 0.0946. The van der Waals surface area contributed by atoms with Gasteiger partial charge in [0.2, 0.25) is 0 Å². The Labute approximate surface area is 170 Å². The number of aromatic nitrogens is 1. The van der Waals surface area contributed by atoms with Gasteiger partial charge in [-0.25, -0.2) is 0 Å². The summed E-state index contributed by atoms with van der Waals surface area (Å²) in [5.41, 5.74) is 3.40. The lowest BCUT2D eigenvalue weighted by atomic mass is 10.1. The summed E-state index contributed by atoms with van der Waals surface area (Å²) in [6, 6.07) is 16.8. The second-order valence-electron chi connectivity index (χ2n) is 6.40. The normalized spacial score (nSPS) is 10.4. The molecule has 29 heavy (non-hydrogen) atoms. The Morgan fingerprint density at radius 2 is 1.72 bits per heavy atom. The fourth-order valence-electron chi connectivity index (χ4n) is 2.88. The molecule has 6 heteroatoms. The minimum absolute atomic E-state index is 0.144. The van der Waals surface area contributed by atoms with Crippen LogP contribution in [-0.2, 0) is 24.5 Å². The Hall–Kier alpha value is -3.38. The molecule has 0 spiro atoms. The predicted octanol–water partition coefficient (Wildman–Crippen LogP) is 3.75. The molecule has 1 aromatic heterocycles. The number of amides is 1. The molecule has 3 aromatic rings. The Kier molecular flexibility index (Phi) is 7.19. The Bertz CT molecular complexity index is 945. The smallest absolute Gasteiger partial charge is 0.251 e. The minimum atomic E-state index is -0.144. The van der Waals surface area contributed by atoms with Crippen LogP contribution >= 0.6 is 0 Å². The molecular weight excluding hydrogens is 368 g/mol. The van der Waals surface area contributed by atoms with E-state index in [9.17, 15) is 4.79 Å². The van der Waals surface area contributed by atoms with Gasteiger partial charge in [-0.15, -0.1) is 0 Å². The van der Waals surface area contributed by atoms with Crippen LogP contribution < -0.4 is 14.8 Å². The third-order valence-corrected chi connectivity index (χ3v) is 4.39. The number of carbonyl (C=O) groups is 1. The van der Waals surface area contributed by atoms with Crippen LogP contribution in [0, 0.1) is 0 Å². The third kappa shape index (κ3) is 5.56. The maximum atomic E-state index is 12.6. The zero-order valence-corrected chi connectivity index (χ0v) is 16.6. The van der Waals surface area contributed by atoms with E-state index in [1.54, 1.807) is 32.7 Å². The molecule has 0 radical (unpaired) electrons. The molecule has 0 unspecified atom stereocenters. The lowest BCUT2D eigenvalue weighted by Crippen LogP contribution is -2.24. The number of nitrogens with zero attached hydrogens (tertiary/aromatic N) is 1. The number of benzene rings is 2. The van der Waals surface area contributed by atoms with Crippen molar-refractivity contribution in [2.75, 3.05) is 14.2 Å². The van der Waals surface area contributed by atoms with Crippen molar-refractivity contribution >= 4 is 5.91 Å². The topological polar surface area (TPSA) is 69.7 Å². The molecule has 1 N–H and O–H groups in total. The van der Waals surface area contributed by atoms with Crippen LogP contribution in [0.5, 0.6) is 11.5 Å². The van der Waals surface area contributed by atoms with Gasteiger partial charge < -0.3 is 19.5 Å². The van der Waals surface area contributed by atoms with Crippen molar-refractivity contribution < 1.29 is 19.0 Å². The first-order chi connectivity index (χ1) is 14.2. The maximum Gasteiger partial charge on any atom is 0.251 e. The molecule has 0 aliphatic carbocycles. The van der Waals surface area contributed by atoms with Gasteiger partial charge in [0.25, 0.3) is 5.91 Å². The summed E-state index contributed by atoms with van der Waals surface area (Å²) in [5, 5.41) is 2.94. The summed E-state index contributed by atoms with van der Waals surface area (Å²) in [7, 11) is 3.21. The van der Waals surface area contributed by atoms with Crippen LogP contribution in [0.2, 0.25) is 0 Å². The van der Waals surface area contributed by atoms with Crippen molar-refractivity contribution in [1.82, 2.24) is 10.3 Å². The van der Waals surface area contributed by atoms with Crippen LogP contribution in [0.1, 0.15) is 27.0 Å². The highest BCUT2D eigenvalue weighted by molar-refractivity contribution is 5.95. The van der Waals surface area contributed by atoms with E-state index in [0.29, 0.717) is 36.8 Å². The molecule has 1 heterocycles. The molecule has 0 bridgehead atoms. The SMILES string of the molecule is COCc1ccccc1C(=O)NCc1ccc(OCc2ccncc2)c(OC)c1. The van der Waals surface area contributed by atoms with Gasteiger partial charge in [-0.3, -0.25) is 9.78 Å². The van der Waals surface area contributed by atoms with Gasteiger partial charge in [-0.1, -0.05) is 24.3 Å². The molecular formula is C23H24N2O4. The number of nitrogens with one attached hydrogen (secondary N) is 1. The average Bonchev–Trinajstić information content (AvgIpc) is 2.77. The Balaban J connectivity index is 1.63. The molecule has 2 aromatic carbocycles. The van der Waals surface area contributed by atoms with Gasteiger partial charge in [-0.05, 0) is 47.0 Å². The van der Waals surface area contributed by atoms with Gasteiger partial charge in [0.1, 0.15) is 6.61 Å². The molecule has 6 nitrogen and oxygen atoms in total. The van der Waals surface area contributed by atoms with Crippen LogP contribution in [0.4, 0.5) is 0 Å². The fourth-order valence-corrected chi connectivity index (χ4v) is 2.88. The van der Waals surface area contributed by atoms with Crippen molar-refractivity contribution in [3.8, 4) is 11.5 Å². The summed E-state index contributed by atoms with van der Waals surface area (Å²) in [4.78, 5) is 16.6. The van der Waals surface area contributed by atoms with E-state index in [0.717, 1.165) is 16.7 Å². The Morgan fingerprint density at radius 1 is 0.931 bits per heavy atom. The molecule has 0 aliphatic rings. The second kappa shape index (κ2) is 10.2. The first-order valence-corrected chi connectivity index (χ1v) is 9.25. The van der Waals surface area contributed by atoms with Crippen molar-refractivity contribution in [2.45, 2.75) is 19.8 Å². The molecule has 0 aliphatic heterocycles. The zero-order chi connectivity index (χ0) is 20.5. The fraction of sp³-hybridized carbons (Fsp3) is 0.217. The second-order valence-corrected chi connectivity index (χ2v) is 6.40. The summed E-state index contributed by atoms with van der Waals surface area (Å²) >= 11 is 0. The Morgan fingerprint density at radius 3 is 2.48 bits per heavy atom. The summed E-state index contributed by atoms with van der Waals surface area (Å²) in [5.74, 6) is 1.12. The van der Waals surface area contributed by atoms with E-state index in [-0.39, 0.29) is 5.91 Å². The van der Waals surface area contributed by atoms with Gasteiger partial charge in [0, 0.05) is 31.6 Å². The van der Waals surface area contributed by atoms with Gasteiger partial charge in [-0.2, -0.15) is 0 Å². The summed E-state index contributed by atoms with van der Waals surface area (Å²) in [6.07, 6.45) is 3.46. The average molecular weight is 392 g/mol. The highest BCUT2D eigenvalue weighted by Crippen LogP contribution is 2.29. The zero-order valence-electron chi connectivity index (χ0n) is 16.6. The lowest BCUT2D eigenvalue weighted by Gasteiger charge is -2.13. The van der Waals surface area contributed by atoms with Crippen molar-refractivity contribution in [3.05, 3.63) is 89.2 Å². The number of carbonyl (C=O) groups excluding carboxylic acids is 1. The molecule has 0 fully saturated rings. The van der Waals surface area contributed by atoms with E-state index in [1.807, 2.05) is 48.5 Å². The molecule has 0 saturated heterocycles. The molecule has 150 valence electrons. The predicted molar refractivity (Wildman–Crippen MR) is 110 cm³/mol. The molecule has 0 saturated carbocycles. The van der Waals surface area contributed by atoms with Crippen LogP contribution in [-0.4, -0.2) is 25.1 Å². The van der Waals surface area contributed by atoms with E-state index in [4.69, 9.17) is 14.2 Å². The van der Waals surface area contributed by atoms with Crippen molar-refractivity contribution in [3.63, 3.8) is 0 Å². The van der Waals surface area contributed by atoms with Crippen molar-refractivity contribution in [1.29, 1.82) is 0 Å². The van der Waals surface area contributed by atoms with Gasteiger partial charge in [0.15, 0.2) is 11.5 Å². The van der Waals surface area contributed by atoms with E-state index >= 15 is 0 Å². The van der Waals surface area contributed by atoms with Crippen LogP contribution in [0.3, 0.4) is 0 Å². The van der Waals surface area contributed by atoms with Gasteiger partial charge in [0.05, 0.1) is 13.7 Å². The highest BCUT2D eigenvalue weighted by atomic mass is 16.5. The quantitative estimate of drug-likeness (QED) is 0.601. The third-order valence-electron chi connectivity index (χ3n) is 4.39. The number of methoxy groups -OCH3 is 2. The van der Waals surface area contributed by atoms with Crippen LogP contribution in [0.15, 0.2) is 67.0 Å². The number of pyridine rings is 1. The molecule has 0 atom stereocenters. The van der Waals surface area contributed by atoms with Crippen molar-refractivity contribution in [2.24, 2.45) is 0 Å². The number of rotatable bonds is 9. The summed E-state index contributed by atoms with van der Waals surface area (Å²) in [6.45, 7) is 1.19. The van der Waals surface area contributed by atoms with E-state index in [2.05, 4.69) is 10.3 Å². The minimum Gasteiger partial charge on any atom is -0.493 e. The maximum absolute atomic E-state index is 12.6. The van der Waals surface area contributed by atoms with E-state index < -0.39 is 0 Å². The number of ether oxygens (including phenoxy) is 3. The molecule has 3 rings (SSSR count). The monoisotopic (exact) mass is 392 g/mol. The van der Waals surface area contributed by atoms with Crippen LogP contribution in [0.25, 0.3) is 0 Å². The first kappa shape index (κ1) is 20.4. The van der Waals surface area contributed by atoms with Gasteiger partial charge >= 0.3 is 0 Å². The van der Waals surface area contributed by atoms with E-state index in [1.165, 1.54) is 0 Å². The first-order valence-electron chi connectivity index (χ1n) is 9.25. The summed E-state index contributed by atoms with van der Waals surface area (Å²) < 4.78 is 16.5. The standard InChI is InChI=1S/C23H24N2O4/c1-27-16-19-5-3-4-6-20(19)23(26)25-14-18-7-8-21(22(13-18)28-2)29-15-17-9-11-24-12-10-17/h3-13H,14-16H2,1-2H3,(H,25,26). The molecule has 1 amide bonds.